The molecular formula is C23H27F2N5O3S. The molecule has 1 aliphatic carbocycles. The highest BCUT2D eigenvalue weighted by molar-refractivity contribution is 7.88. The third-order valence-corrected chi connectivity index (χ3v) is 8.18. The van der Waals surface area contributed by atoms with Crippen LogP contribution in [0.1, 0.15) is 12.0 Å². The first-order valence-corrected chi connectivity index (χ1v) is 12.3. The van der Waals surface area contributed by atoms with Crippen molar-refractivity contribution in [3.05, 3.63) is 35.9 Å². The second-order valence-electron chi connectivity index (χ2n) is 9.02. The van der Waals surface area contributed by atoms with Gasteiger partial charge in [0.2, 0.25) is 17.1 Å². The lowest BCUT2D eigenvalue weighted by atomic mass is 10.0. The Morgan fingerprint density at radius 3 is 2.53 bits per heavy atom. The van der Waals surface area contributed by atoms with E-state index in [0.717, 1.165) is 28.3 Å². The molecule has 1 amide bonds. The van der Waals surface area contributed by atoms with E-state index in [1.54, 1.807) is 20.6 Å². The van der Waals surface area contributed by atoms with E-state index in [-0.39, 0.29) is 18.9 Å². The molecule has 3 aliphatic rings. The Hall–Kier alpha value is -2.79. The van der Waals surface area contributed by atoms with Crippen LogP contribution in [0.4, 0.5) is 26.0 Å². The number of aliphatic hydroxyl groups excluding tert-OH is 1. The van der Waals surface area contributed by atoms with Crippen molar-refractivity contribution in [2.45, 2.75) is 19.3 Å². The van der Waals surface area contributed by atoms with Gasteiger partial charge in [0, 0.05) is 57.7 Å². The van der Waals surface area contributed by atoms with Crippen molar-refractivity contribution in [1.29, 1.82) is 0 Å². The largest absolute Gasteiger partial charge is 0.387 e. The Kier molecular flexibility index (Phi) is 5.71. The van der Waals surface area contributed by atoms with Crippen LogP contribution in [0.25, 0.3) is 11.3 Å². The van der Waals surface area contributed by atoms with Gasteiger partial charge in [-0.3, -0.25) is 13.4 Å². The normalized spacial score (nSPS) is 23.3. The first-order valence-electron chi connectivity index (χ1n) is 11.3. The van der Waals surface area contributed by atoms with Gasteiger partial charge in [-0.15, -0.1) is 0 Å². The molecule has 2 unspecified atom stereocenters. The van der Waals surface area contributed by atoms with E-state index < -0.39 is 29.6 Å². The number of aromatic nitrogens is 1. The van der Waals surface area contributed by atoms with E-state index in [9.17, 15) is 17.8 Å². The third kappa shape index (κ3) is 4.00. The predicted octanol–water partition coefficient (Wildman–Crippen LogP) is 2.19. The second kappa shape index (κ2) is 8.46. The fourth-order valence-electron chi connectivity index (χ4n) is 4.55. The van der Waals surface area contributed by atoms with Gasteiger partial charge in [0.1, 0.15) is 12.4 Å². The number of hydrogen-bond donors (Lipinski definition) is 1. The van der Waals surface area contributed by atoms with Gasteiger partial charge in [-0.1, -0.05) is 12.1 Å². The van der Waals surface area contributed by atoms with Crippen LogP contribution in [0.3, 0.4) is 0 Å². The van der Waals surface area contributed by atoms with E-state index in [1.165, 1.54) is 0 Å². The van der Waals surface area contributed by atoms with Gasteiger partial charge in [0.15, 0.2) is 0 Å². The Morgan fingerprint density at radius 1 is 1.18 bits per heavy atom. The van der Waals surface area contributed by atoms with Gasteiger partial charge >= 0.3 is 0 Å². The van der Waals surface area contributed by atoms with E-state index in [2.05, 4.69) is 4.90 Å². The number of hydrogen-bond acceptors (Lipinski definition) is 5. The van der Waals surface area contributed by atoms with Crippen molar-refractivity contribution in [3.8, 4) is 11.3 Å². The van der Waals surface area contributed by atoms with Gasteiger partial charge in [-0.25, -0.2) is 18.0 Å². The maximum atomic E-state index is 13.5. The van der Waals surface area contributed by atoms with Crippen molar-refractivity contribution < 1.29 is 22.9 Å². The molecule has 34 heavy (non-hydrogen) atoms. The summed E-state index contributed by atoms with van der Waals surface area (Å²) in [4.78, 5) is 20.4. The number of rotatable bonds is 5. The molecule has 2 aromatic rings. The van der Waals surface area contributed by atoms with Crippen LogP contribution in [0.2, 0.25) is 0 Å². The van der Waals surface area contributed by atoms with E-state index in [0.29, 0.717) is 31.9 Å². The molecule has 1 saturated carbocycles. The van der Waals surface area contributed by atoms with Crippen molar-refractivity contribution in [2.24, 2.45) is 5.92 Å². The molecule has 11 heteroatoms. The highest BCUT2D eigenvalue weighted by Crippen LogP contribution is 2.51. The van der Waals surface area contributed by atoms with Gasteiger partial charge in [0.25, 0.3) is 5.92 Å². The van der Waals surface area contributed by atoms with Gasteiger partial charge in [-0.2, -0.15) is 0 Å². The molecule has 2 aliphatic heterocycles. The molecule has 8 nitrogen and oxygen atoms in total. The zero-order valence-electron chi connectivity index (χ0n) is 19.1. The van der Waals surface area contributed by atoms with Crippen molar-refractivity contribution in [3.63, 3.8) is 0 Å². The summed E-state index contributed by atoms with van der Waals surface area (Å²) in [6.45, 7) is 3.84. The van der Waals surface area contributed by atoms with E-state index in [1.807, 2.05) is 37.3 Å². The quantitative estimate of drug-likeness (QED) is 0.694. The summed E-state index contributed by atoms with van der Waals surface area (Å²) in [5, 5.41) is 9.07. The average molecular weight is 492 g/mol. The highest BCUT2D eigenvalue weighted by Gasteiger charge is 2.58. The highest BCUT2D eigenvalue weighted by atomic mass is 32.2. The number of pyridine rings is 1. The van der Waals surface area contributed by atoms with Crippen LogP contribution in [0.15, 0.2) is 30.3 Å². The summed E-state index contributed by atoms with van der Waals surface area (Å²) in [6.07, 6.45) is -0.157. The van der Waals surface area contributed by atoms with Gasteiger partial charge in [-0.05, 0) is 30.7 Å². The monoisotopic (exact) mass is 491 g/mol. The van der Waals surface area contributed by atoms with Crippen LogP contribution in [-0.2, 0) is 16.0 Å². The Balaban J connectivity index is 1.39. The van der Waals surface area contributed by atoms with Gasteiger partial charge < -0.3 is 14.9 Å². The summed E-state index contributed by atoms with van der Waals surface area (Å²) < 4.78 is 43.0. The lowest BCUT2D eigenvalue weighted by Gasteiger charge is -2.35. The van der Waals surface area contributed by atoms with Crippen LogP contribution in [0, 0.1) is 12.8 Å². The Morgan fingerprint density at radius 2 is 1.88 bits per heavy atom. The summed E-state index contributed by atoms with van der Waals surface area (Å²) in [5.41, 5.74) is 4.04. The maximum Gasteiger partial charge on any atom is 0.253 e. The van der Waals surface area contributed by atoms with Crippen LogP contribution < -0.4 is 13.5 Å². The van der Waals surface area contributed by atoms with Crippen molar-refractivity contribution in [1.82, 2.24) is 9.88 Å². The molecular weight excluding hydrogens is 464 g/mol. The smallest absolute Gasteiger partial charge is 0.253 e. The lowest BCUT2D eigenvalue weighted by molar-refractivity contribution is -0.134. The Labute approximate surface area is 199 Å². The molecule has 1 aromatic carbocycles. The van der Waals surface area contributed by atoms with E-state index in [4.69, 9.17) is 10.1 Å². The second-order valence-corrected chi connectivity index (χ2v) is 10.5. The lowest BCUT2D eigenvalue weighted by Crippen LogP contribution is -2.49. The summed E-state index contributed by atoms with van der Waals surface area (Å²) >= 11 is -1.55. The maximum absolute atomic E-state index is 13.5. The summed E-state index contributed by atoms with van der Waals surface area (Å²) in [5.74, 6) is -2.89. The van der Waals surface area contributed by atoms with Crippen LogP contribution in [0.5, 0.6) is 0 Å². The topological polar surface area (TPSA) is 80.2 Å². The fraction of sp³-hybridized carbons (Fsp3) is 0.478. The number of carbonyl (C=O) groups excluding carboxylic acids is 1. The molecule has 2 atom stereocenters. The van der Waals surface area contributed by atoms with Crippen LogP contribution in [-0.4, -0.2) is 77.4 Å². The number of halogens is 2. The molecule has 0 spiro atoms. The standard InChI is InChI=1S/C23H27F2N5O3S/c1-15-3-6-20(28-7-9-29(10-8-28)21(32)14-31)26-22(15)16-4-5-18-19(11-16)27(2)34(33)30(18)13-17-12-23(17,24)25/h3-6,11,17,31H,7-10,12-14H2,1-2H3. The number of nitrogens with zero attached hydrogens (tertiary/aromatic N) is 5. The van der Waals surface area contributed by atoms with Crippen molar-refractivity contribution in [2.75, 3.05) is 59.9 Å². The molecule has 0 radical (unpaired) electrons. The summed E-state index contributed by atoms with van der Waals surface area (Å²) in [7, 11) is 1.70. The number of aryl methyl sites for hydroxylation is 1. The Bertz CT molecular complexity index is 1160. The predicted molar refractivity (Wildman–Crippen MR) is 127 cm³/mol. The number of benzene rings is 1. The minimum Gasteiger partial charge on any atom is -0.387 e. The first kappa shape index (κ1) is 23.0. The zero-order chi connectivity index (χ0) is 24.2. The fourth-order valence-corrected chi connectivity index (χ4v) is 5.79. The number of alkyl halides is 2. The molecule has 1 saturated heterocycles. The average Bonchev–Trinajstić information content (AvgIpc) is 3.39. The number of piperazine rings is 1. The zero-order valence-corrected chi connectivity index (χ0v) is 19.9. The number of anilines is 3. The minimum atomic E-state index is -2.66. The van der Waals surface area contributed by atoms with Crippen LogP contribution >= 0.6 is 0 Å². The summed E-state index contributed by atoms with van der Waals surface area (Å²) in [6, 6.07) is 9.59. The van der Waals surface area contributed by atoms with Gasteiger partial charge in [0.05, 0.1) is 17.1 Å². The molecule has 3 heterocycles. The van der Waals surface area contributed by atoms with E-state index >= 15 is 0 Å². The first-order chi connectivity index (χ1) is 16.2. The number of carbonyl (C=O) groups is 1. The number of fused-ring (bicyclic) bond motifs is 1. The molecule has 5 rings (SSSR count). The van der Waals surface area contributed by atoms with Crippen molar-refractivity contribution >= 4 is 34.3 Å². The molecule has 2 fully saturated rings. The molecule has 1 aromatic heterocycles. The molecule has 182 valence electrons. The number of amides is 1. The minimum absolute atomic E-state index is 0.0633. The SMILES string of the molecule is Cc1ccc(N2CCN(C(=O)CO)CC2)nc1-c1ccc2c(c1)N(C)S(=O)N2CC1CC1(F)F. The molecule has 1 N–H and O–H groups in total. The molecule has 0 bridgehead atoms. The number of aliphatic hydroxyl groups is 1. The third-order valence-electron chi connectivity index (χ3n) is 6.80.